The summed E-state index contributed by atoms with van der Waals surface area (Å²) >= 11 is 1.73. The summed E-state index contributed by atoms with van der Waals surface area (Å²) in [4.78, 5) is 17.5. The number of carbonyl (C=O) groups excluding carboxylic acids is 1. The number of nitrogens with zero attached hydrogens (tertiary/aromatic N) is 1. The normalized spacial score (nSPS) is 20.0. The zero-order chi connectivity index (χ0) is 16.1. The minimum absolute atomic E-state index is 0.162. The van der Waals surface area contributed by atoms with Gasteiger partial charge in [0.15, 0.2) is 0 Å². The first-order valence-corrected chi connectivity index (χ1v) is 10.2. The van der Waals surface area contributed by atoms with E-state index >= 15 is 0 Å². The molecule has 128 valence electrons. The molecule has 1 aromatic heterocycles. The van der Waals surface area contributed by atoms with Gasteiger partial charge in [-0.15, -0.1) is 11.3 Å². The Morgan fingerprint density at radius 3 is 2.83 bits per heavy atom. The Hall–Kier alpha value is -0.870. The number of unbranched alkanes of at least 4 members (excludes halogenated alkanes) is 1. The highest BCUT2D eigenvalue weighted by atomic mass is 32.1. The number of carbonyl (C=O) groups is 1. The Morgan fingerprint density at radius 2 is 2.04 bits per heavy atom. The third kappa shape index (κ3) is 4.57. The van der Waals surface area contributed by atoms with Crippen molar-refractivity contribution in [2.75, 3.05) is 19.6 Å². The fraction of sp³-hybridized carbons (Fsp3) is 0.737. The lowest BCUT2D eigenvalue weighted by atomic mass is 10.0. The Labute approximate surface area is 144 Å². The van der Waals surface area contributed by atoms with E-state index in [1.165, 1.54) is 55.5 Å². The molecule has 1 fully saturated rings. The van der Waals surface area contributed by atoms with E-state index in [0.29, 0.717) is 6.04 Å². The Morgan fingerprint density at radius 1 is 1.26 bits per heavy atom. The van der Waals surface area contributed by atoms with E-state index in [2.05, 4.69) is 23.2 Å². The minimum atomic E-state index is 0.162. The zero-order valence-electron chi connectivity index (χ0n) is 14.4. The SMILES string of the molecule is CCCCN1CCC(NC(=O)c2cc3c(s2)CCCCC3)CC1. The van der Waals surface area contributed by atoms with Crippen molar-refractivity contribution in [1.82, 2.24) is 10.2 Å². The van der Waals surface area contributed by atoms with Crippen LogP contribution in [-0.4, -0.2) is 36.5 Å². The van der Waals surface area contributed by atoms with Gasteiger partial charge in [-0.05, 0) is 63.1 Å². The highest BCUT2D eigenvalue weighted by Crippen LogP contribution is 2.29. The minimum Gasteiger partial charge on any atom is -0.349 e. The molecule has 0 spiro atoms. The fourth-order valence-electron chi connectivity index (χ4n) is 3.72. The maximum atomic E-state index is 12.6. The van der Waals surface area contributed by atoms with Crippen molar-refractivity contribution < 1.29 is 4.79 Å². The molecule has 1 saturated heterocycles. The van der Waals surface area contributed by atoms with Gasteiger partial charge in [-0.2, -0.15) is 0 Å². The molecule has 0 radical (unpaired) electrons. The van der Waals surface area contributed by atoms with Crippen molar-refractivity contribution in [3.63, 3.8) is 0 Å². The maximum Gasteiger partial charge on any atom is 0.261 e. The second-order valence-corrected chi connectivity index (χ2v) is 8.20. The summed E-state index contributed by atoms with van der Waals surface area (Å²) < 4.78 is 0. The van der Waals surface area contributed by atoms with Gasteiger partial charge < -0.3 is 10.2 Å². The monoisotopic (exact) mass is 334 g/mol. The molecular formula is C19H30N2OS. The number of rotatable bonds is 5. The molecule has 1 N–H and O–H groups in total. The molecule has 4 heteroatoms. The number of likely N-dealkylation sites (tertiary alicyclic amines) is 1. The first-order valence-electron chi connectivity index (χ1n) is 9.41. The van der Waals surface area contributed by atoms with Gasteiger partial charge in [-0.1, -0.05) is 19.8 Å². The summed E-state index contributed by atoms with van der Waals surface area (Å²) in [5.41, 5.74) is 1.44. The van der Waals surface area contributed by atoms with E-state index < -0.39 is 0 Å². The van der Waals surface area contributed by atoms with Crippen molar-refractivity contribution in [2.24, 2.45) is 0 Å². The van der Waals surface area contributed by atoms with Crippen LogP contribution >= 0.6 is 11.3 Å². The molecule has 3 nitrogen and oxygen atoms in total. The van der Waals surface area contributed by atoms with Crippen molar-refractivity contribution in [3.8, 4) is 0 Å². The fourth-order valence-corrected chi connectivity index (χ4v) is 4.88. The van der Waals surface area contributed by atoms with Crippen LogP contribution < -0.4 is 5.32 Å². The quantitative estimate of drug-likeness (QED) is 0.825. The number of fused-ring (bicyclic) bond motifs is 1. The number of amides is 1. The molecule has 1 aliphatic carbocycles. The summed E-state index contributed by atoms with van der Waals surface area (Å²) in [5.74, 6) is 0.162. The van der Waals surface area contributed by atoms with Crippen LogP contribution in [0.2, 0.25) is 0 Å². The zero-order valence-corrected chi connectivity index (χ0v) is 15.2. The van der Waals surface area contributed by atoms with E-state index in [1.807, 2.05) is 0 Å². The number of hydrogen-bond donors (Lipinski definition) is 1. The molecule has 2 aliphatic rings. The lowest BCUT2D eigenvalue weighted by molar-refractivity contribution is 0.0915. The van der Waals surface area contributed by atoms with Crippen LogP contribution in [0.15, 0.2) is 6.07 Å². The van der Waals surface area contributed by atoms with Crippen LogP contribution in [-0.2, 0) is 12.8 Å². The molecule has 0 unspecified atom stereocenters. The summed E-state index contributed by atoms with van der Waals surface area (Å²) in [6.45, 7) is 5.72. The van der Waals surface area contributed by atoms with Crippen molar-refractivity contribution in [1.29, 1.82) is 0 Å². The summed E-state index contributed by atoms with van der Waals surface area (Å²) in [6, 6.07) is 2.53. The van der Waals surface area contributed by atoms with E-state index in [4.69, 9.17) is 0 Å². The van der Waals surface area contributed by atoms with Crippen LogP contribution in [0.5, 0.6) is 0 Å². The first kappa shape index (κ1) is 17.0. The molecular weight excluding hydrogens is 304 g/mol. The van der Waals surface area contributed by atoms with Gasteiger partial charge in [0.25, 0.3) is 5.91 Å². The molecule has 0 aromatic carbocycles. The third-order valence-corrected chi connectivity index (χ3v) is 6.46. The highest BCUT2D eigenvalue weighted by molar-refractivity contribution is 7.14. The second-order valence-electron chi connectivity index (χ2n) is 7.06. The van der Waals surface area contributed by atoms with Gasteiger partial charge >= 0.3 is 0 Å². The molecule has 0 atom stereocenters. The number of nitrogens with one attached hydrogen (secondary N) is 1. The van der Waals surface area contributed by atoms with Gasteiger partial charge in [0.2, 0.25) is 0 Å². The first-order chi connectivity index (χ1) is 11.3. The molecule has 23 heavy (non-hydrogen) atoms. The molecule has 1 aromatic rings. The average molecular weight is 335 g/mol. The lowest BCUT2D eigenvalue weighted by Gasteiger charge is -2.32. The standard InChI is InChI=1S/C19H30N2OS/c1-2-3-11-21-12-9-16(10-13-21)20-19(22)18-14-15-7-5-4-6-8-17(15)23-18/h14,16H,2-13H2,1H3,(H,20,22). The summed E-state index contributed by atoms with van der Waals surface area (Å²) in [7, 11) is 0. The average Bonchev–Trinajstić information content (AvgIpc) is 2.85. The van der Waals surface area contributed by atoms with Crippen LogP contribution in [0.3, 0.4) is 0 Å². The van der Waals surface area contributed by atoms with Crippen LogP contribution in [0.1, 0.15) is 72.0 Å². The van der Waals surface area contributed by atoms with Crippen molar-refractivity contribution >= 4 is 17.2 Å². The van der Waals surface area contributed by atoms with Crippen LogP contribution in [0.4, 0.5) is 0 Å². The van der Waals surface area contributed by atoms with E-state index in [9.17, 15) is 4.79 Å². The predicted molar refractivity (Wildman–Crippen MR) is 97.4 cm³/mol. The van der Waals surface area contributed by atoms with E-state index in [-0.39, 0.29) is 5.91 Å². The molecule has 3 rings (SSSR count). The van der Waals surface area contributed by atoms with Crippen LogP contribution in [0, 0.1) is 0 Å². The van der Waals surface area contributed by atoms with Crippen molar-refractivity contribution in [2.45, 2.75) is 70.8 Å². The topological polar surface area (TPSA) is 32.3 Å². The number of aryl methyl sites for hydroxylation is 2. The largest absolute Gasteiger partial charge is 0.349 e. The third-order valence-electron chi connectivity index (χ3n) is 5.22. The van der Waals surface area contributed by atoms with Gasteiger partial charge in [0.05, 0.1) is 4.88 Å². The molecule has 0 saturated carbocycles. The Balaban J connectivity index is 1.50. The molecule has 2 heterocycles. The van der Waals surface area contributed by atoms with Gasteiger partial charge in [0.1, 0.15) is 0 Å². The smallest absolute Gasteiger partial charge is 0.261 e. The van der Waals surface area contributed by atoms with E-state index in [1.54, 1.807) is 11.3 Å². The number of thiophene rings is 1. The van der Waals surface area contributed by atoms with Gasteiger partial charge in [-0.3, -0.25) is 4.79 Å². The van der Waals surface area contributed by atoms with Gasteiger partial charge in [0, 0.05) is 24.0 Å². The van der Waals surface area contributed by atoms with E-state index in [0.717, 1.165) is 37.2 Å². The number of hydrogen-bond acceptors (Lipinski definition) is 3. The van der Waals surface area contributed by atoms with Crippen LogP contribution in [0.25, 0.3) is 0 Å². The predicted octanol–water partition coefficient (Wildman–Crippen LogP) is 4.01. The lowest BCUT2D eigenvalue weighted by Crippen LogP contribution is -2.44. The second kappa shape index (κ2) is 8.29. The molecule has 1 amide bonds. The Bertz CT molecular complexity index is 494. The maximum absolute atomic E-state index is 12.6. The molecule has 0 bridgehead atoms. The summed E-state index contributed by atoms with van der Waals surface area (Å²) in [6.07, 6.45) is 11.0. The number of piperidine rings is 1. The summed E-state index contributed by atoms with van der Waals surface area (Å²) in [5, 5.41) is 3.28. The highest BCUT2D eigenvalue weighted by Gasteiger charge is 2.22. The Kier molecular flexibility index (Phi) is 6.12. The van der Waals surface area contributed by atoms with Gasteiger partial charge in [-0.25, -0.2) is 0 Å². The van der Waals surface area contributed by atoms with Crippen molar-refractivity contribution in [3.05, 3.63) is 21.4 Å². The molecule has 1 aliphatic heterocycles.